The van der Waals surface area contributed by atoms with Gasteiger partial charge in [-0.3, -0.25) is 4.79 Å². The van der Waals surface area contributed by atoms with Crippen molar-refractivity contribution in [2.45, 2.75) is 20.8 Å². The third kappa shape index (κ3) is 3.72. The van der Waals surface area contributed by atoms with Gasteiger partial charge in [-0.15, -0.1) is 0 Å². The lowest BCUT2D eigenvalue weighted by Crippen LogP contribution is -2.22. The predicted octanol–water partition coefficient (Wildman–Crippen LogP) is 4.35. The second-order valence-corrected chi connectivity index (χ2v) is 6.29. The van der Waals surface area contributed by atoms with E-state index < -0.39 is 0 Å². The van der Waals surface area contributed by atoms with E-state index in [1.54, 1.807) is 7.11 Å². The van der Waals surface area contributed by atoms with Crippen molar-refractivity contribution in [2.24, 2.45) is 5.10 Å². The minimum absolute atomic E-state index is 0.131. The summed E-state index contributed by atoms with van der Waals surface area (Å²) in [6.07, 6.45) is 1.86. The lowest BCUT2D eigenvalue weighted by molar-refractivity contribution is -0.114. The molecule has 27 heavy (non-hydrogen) atoms. The van der Waals surface area contributed by atoms with Crippen LogP contribution in [0.25, 0.3) is 6.08 Å². The Morgan fingerprint density at radius 3 is 2.44 bits per heavy atom. The van der Waals surface area contributed by atoms with Crippen molar-refractivity contribution in [1.82, 2.24) is 0 Å². The molecule has 5 heteroatoms. The van der Waals surface area contributed by atoms with E-state index in [0.717, 1.165) is 35.8 Å². The largest absolute Gasteiger partial charge is 0.496 e. The Hall–Kier alpha value is -3.08. The van der Waals surface area contributed by atoms with Crippen LogP contribution in [0.2, 0.25) is 0 Å². The summed E-state index contributed by atoms with van der Waals surface area (Å²) in [6, 6.07) is 15.5. The zero-order valence-electron chi connectivity index (χ0n) is 16.3. The molecule has 140 valence electrons. The number of ether oxygens (including phenoxy) is 1. The number of para-hydroxylation sites is 1. The minimum Gasteiger partial charge on any atom is -0.496 e. The van der Waals surface area contributed by atoms with Gasteiger partial charge in [0.1, 0.15) is 5.75 Å². The smallest absolute Gasteiger partial charge is 0.280 e. The molecule has 0 atom stereocenters. The molecule has 0 N–H and O–H groups in total. The van der Waals surface area contributed by atoms with Crippen LogP contribution < -0.4 is 14.6 Å². The molecule has 0 aromatic heterocycles. The summed E-state index contributed by atoms with van der Waals surface area (Å²) in [4.78, 5) is 15.1. The van der Waals surface area contributed by atoms with Crippen LogP contribution in [0.15, 0.2) is 59.2 Å². The van der Waals surface area contributed by atoms with Gasteiger partial charge in [0.05, 0.1) is 24.1 Å². The first-order chi connectivity index (χ1) is 13.1. The number of hydrazone groups is 1. The number of amides is 1. The highest BCUT2D eigenvalue weighted by molar-refractivity contribution is 6.32. The van der Waals surface area contributed by atoms with Crippen molar-refractivity contribution in [3.63, 3.8) is 0 Å². The lowest BCUT2D eigenvalue weighted by atomic mass is 10.1. The van der Waals surface area contributed by atoms with Crippen molar-refractivity contribution in [1.29, 1.82) is 0 Å². The normalized spacial score (nSPS) is 15.3. The third-order valence-electron chi connectivity index (χ3n) is 4.71. The molecule has 1 aliphatic heterocycles. The van der Waals surface area contributed by atoms with Gasteiger partial charge in [-0.05, 0) is 51.1 Å². The fourth-order valence-electron chi connectivity index (χ4n) is 3.19. The predicted molar refractivity (Wildman–Crippen MR) is 112 cm³/mol. The Labute approximate surface area is 160 Å². The van der Waals surface area contributed by atoms with Crippen LogP contribution >= 0.6 is 0 Å². The van der Waals surface area contributed by atoms with Gasteiger partial charge in [0, 0.05) is 30.4 Å². The maximum absolute atomic E-state index is 12.9. The molecule has 0 spiro atoms. The molecule has 1 aliphatic rings. The van der Waals surface area contributed by atoms with Gasteiger partial charge in [0.15, 0.2) is 0 Å². The number of anilines is 2. The first-order valence-electron chi connectivity index (χ1n) is 9.18. The number of nitrogens with zero attached hydrogens (tertiary/aromatic N) is 3. The summed E-state index contributed by atoms with van der Waals surface area (Å²) in [7, 11) is 1.65. The van der Waals surface area contributed by atoms with E-state index in [2.05, 4.69) is 29.9 Å². The van der Waals surface area contributed by atoms with Crippen molar-refractivity contribution < 1.29 is 9.53 Å². The van der Waals surface area contributed by atoms with Gasteiger partial charge in [0.2, 0.25) is 0 Å². The standard InChI is InChI=1S/C22H25N3O2/c1-5-24(6-2)19-13-12-17(21(15-19)27-4)14-20-16(3)23-25(22(20)26)18-10-8-7-9-11-18/h7-15H,5-6H2,1-4H3/b20-14+. The van der Waals surface area contributed by atoms with Crippen molar-refractivity contribution >= 4 is 29.1 Å². The molecule has 1 amide bonds. The summed E-state index contributed by atoms with van der Waals surface area (Å²) in [5, 5.41) is 5.87. The molecule has 0 radical (unpaired) electrons. The van der Waals surface area contributed by atoms with E-state index in [-0.39, 0.29) is 5.91 Å². The molecule has 1 heterocycles. The van der Waals surface area contributed by atoms with Gasteiger partial charge >= 0.3 is 0 Å². The molecule has 0 bridgehead atoms. The third-order valence-corrected chi connectivity index (χ3v) is 4.71. The van der Waals surface area contributed by atoms with Crippen LogP contribution in [-0.2, 0) is 4.79 Å². The molecule has 0 saturated heterocycles. The molecular weight excluding hydrogens is 338 g/mol. The van der Waals surface area contributed by atoms with E-state index in [4.69, 9.17) is 4.74 Å². The van der Waals surface area contributed by atoms with Crippen LogP contribution in [0.5, 0.6) is 5.75 Å². The number of methoxy groups -OCH3 is 1. The first kappa shape index (κ1) is 18.7. The molecule has 3 rings (SSSR count). The summed E-state index contributed by atoms with van der Waals surface area (Å²) in [5.74, 6) is 0.610. The van der Waals surface area contributed by atoms with Crippen LogP contribution in [-0.4, -0.2) is 31.8 Å². The number of carbonyl (C=O) groups excluding carboxylic acids is 1. The highest BCUT2D eigenvalue weighted by Crippen LogP contribution is 2.30. The second kappa shape index (κ2) is 8.08. The lowest BCUT2D eigenvalue weighted by Gasteiger charge is -2.22. The minimum atomic E-state index is -0.131. The Kier molecular flexibility index (Phi) is 5.60. The topological polar surface area (TPSA) is 45.1 Å². The van der Waals surface area contributed by atoms with Gasteiger partial charge in [-0.25, -0.2) is 0 Å². The SMILES string of the molecule is CCN(CC)c1ccc(/C=C2/C(=O)N(c3ccccc3)N=C2C)c(OC)c1. The zero-order chi connectivity index (χ0) is 19.4. The molecule has 0 fully saturated rings. The zero-order valence-corrected chi connectivity index (χ0v) is 16.3. The molecule has 5 nitrogen and oxygen atoms in total. The van der Waals surface area contributed by atoms with E-state index >= 15 is 0 Å². The van der Waals surface area contributed by atoms with E-state index in [9.17, 15) is 4.79 Å². The van der Waals surface area contributed by atoms with Crippen LogP contribution in [0.4, 0.5) is 11.4 Å². The summed E-state index contributed by atoms with van der Waals surface area (Å²) in [6.45, 7) is 7.96. The number of hydrogen-bond acceptors (Lipinski definition) is 4. The number of benzene rings is 2. The van der Waals surface area contributed by atoms with Gasteiger partial charge in [-0.1, -0.05) is 18.2 Å². The average molecular weight is 363 g/mol. The summed E-state index contributed by atoms with van der Waals surface area (Å²) >= 11 is 0. The second-order valence-electron chi connectivity index (χ2n) is 6.29. The Bertz CT molecular complexity index is 884. The van der Waals surface area contributed by atoms with Gasteiger partial charge in [0.25, 0.3) is 5.91 Å². The molecule has 0 aliphatic carbocycles. The quantitative estimate of drug-likeness (QED) is 0.717. The number of carbonyl (C=O) groups is 1. The number of hydrogen-bond donors (Lipinski definition) is 0. The Morgan fingerprint density at radius 1 is 1.11 bits per heavy atom. The number of rotatable bonds is 6. The molecular formula is C22H25N3O2. The van der Waals surface area contributed by atoms with Gasteiger partial charge in [-0.2, -0.15) is 10.1 Å². The summed E-state index contributed by atoms with van der Waals surface area (Å²) < 4.78 is 5.58. The van der Waals surface area contributed by atoms with E-state index in [1.807, 2.05) is 55.5 Å². The summed E-state index contributed by atoms with van der Waals surface area (Å²) in [5.41, 5.74) is 4.00. The first-order valence-corrected chi connectivity index (χ1v) is 9.18. The average Bonchev–Trinajstić information content (AvgIpc) is 2.98. The van der Waals surface area contributed by atoms with E-state index in [0.29, 0.717) is 11.3 Å². The van der Waals surface area contributed by atoms with Gasteiger partial charge < -0.3 is 9.64 Å². The van der Waals surface area contributed by atoms with Crippen molar-refractivity contribution in [2.75, 3.05) is 30.1 Å². The highest BCUT2D eigenvalue weighted by Gasteiger charge is 2.28. The molecule has 2 aromatic carbocycles. The Balaban J connectivity index is 1.95. The molecule has 0 unspecified atom stereocenters. The monoisotopic (exact) mass is 363 g/mol. The van der Waals surface area contributed by atoms with Crippen LogP contribution in [0.3, 0.4) is 0 Å². The maximum Gasteiger partial charge on any atom is 0.280 e. The molecule has 0 saturated carbocycles. The van der Waals surface area contributed by atoms with Crippen molar-refractivity contribution in [3.05, 3.63) is 59.7 Å². The fraction of sp³-hybridized carbons (Fsp3) is 0.273. The Morgan fingerprint density at radius 2 is 1.81 bits per heavy atom. The van der Waals surface area contributed by atoms with Crippen LogP contribution in [0, 0.1) is 0 Å². The fourth-order valence-corrected chi connectivity index (χ4v) is 3.19. The molecule has 2 aromatic rings. The maximum atomic E-state index is 12.9. The highest BCUT2D eigenvalue weighted by atomic mass is 16.5. The van der Waals surface area contributed by atoms with E-state index in [1.165, 1.54) is 5.01 Å². The van der Waals surface area contributed by atoms with Crippen LogP contribution in [0.1, 0.15) is 26.3 Å². The van der Waals surface area contributed by atoms with Crippen molar-refractivity contribution in [3.8, 4) is 5.75 Å².